The molecule has 1 aromatic rings. The first-order chi connectivity index (χ1) is 9.52. The molecule has 1 amide bonds. The van der Waals surface area contributed by atoms with Crippen LogP contribution in [0.15, 0.2) is 24.3 Å². The predicted molar refractivity (Wildman–Crippen MR) is 74.7 cm³/mol. The summed E-state index contributed by atoms with van der Waals surface area (Å²) in [5.74, 6) is -0.347. The molecule has 4 nitrogen and oxygen atoms in total. The van der Waals surface area contributed by atoms with Gasteiger partial charge in [-0.1, -0.05) is 12.1 Å². The van der Waals surface area contributed by atoms with Crippen molar-refractivity contribution in [3.05, 3.63) is 35.6 Å². The number of benzene rings is 1. The fraction of sp³-hybridized carbons (Fsp3) is 0.533. The zero-order chi connectivity index (χ0) is 14.6. The quantitative estimate of drug-likeness (QED) is 0.859. The van der Waals surface area contributed by atoms with Crippen molar-refractivity contribution in [1.82, 2.24) is 10.2 Å². The number of halogens is 1. The van der Waals surface area contributed by atoms with Gasteiger partial charge in [0.25, 0.3) is 0 Å². The van der Waals surface area contributed by atoms with Gasteiger partial charge in [-0.15, -0.1) is 0 Å². The van der Waals surface area contributed by atoms with Gasteiger partial charge in [0, 0.05) is 26.2 Å². The van der Waals surface area contributed by atoms with E-state index in [4.69, 9.17) is 4.74 Å². The molecule has 0 unspecified atom stereocenters. The summed E-state index contributed by atoms with van der Waals surface area (Å²) in [6, 6.07) is 6.32. The average molecular weight is 280 g/mol. The zero-order valence-corrected chi connectivity index (χ0v) is 12.0. The molecule has 1 heterocycles. The fourth-order valence-electron chi connectivity index (χ4n) is 2.14. The monoisotopic (exact) mass is 280 g/mol. The summed E-state index contributed by atoms with van der Waals surface area (Å²) in [4.78, 5) is 13.8. The average Bonchev–Trinajstić information content (AvgIpc) is 2.40. The molecule has 1 aliphatic rings. The van der Waals surface area contributed by atoms with Crippen LogP contribution in [0.5, 0.6) is 0 Å². The summed E-state index contributed by atoms with van der Waals surface area (Å²) < 4.78 is 18.8. The zero-order valence-electron chi connectivity index (χ0n) is 12.0. The minimum absolute atomic E-state index is 0.0649. The van der Waals surface area contributed by atoms with Crippen molar-refractivity contribution in [2.24, 2.45) is 0 Å². The van der Waals surface area contributed by atoms with Gasteiger partial charge in [0.1, 0.15) is 12.4 Å². The lowest BCUT2D eigenvalue weighted by molar-refractivity contribution is -0.146. The van der Waals surface area contributed by atoms with E-state index in [1.807, 2.05) is 19.9 Å². The van der Waals surface area contributed by atoms with E-state index >= 15 is 0 Å². The van der Waals surface area contributed by atoms with Crippen molar-refractivity contribution >= 4 is 5.91 Å². The van der Waals surface area contributed by atoms with Crippen LogP contribution in [0.1, 0.15) is 19.4 Å². The number of hydrogen-bond acceptors (Lipinski definition) is 3. The van der Waals surface area contributed by atoms with Crippen LogP contribution in [0.25, 0.3) is 0 Å². The normalized spacial score (nSPS) is 16.6. The highest BCUT2D eigenvalue weighted by atomic mass is 19.1. The van der Waals surface area contributed by atoms with Crippen molar-refractivity contribution < 1.29 is 13.9 Å². The summed E-state index contributed by atoms with van der Waals surface area (Å²) >= 11 is 0. The number of nitrogens with zero attached hydrogens (tertiary/aromatic N) is 1. The molecule has 0 radical (unpaired) electrons. The van der Waals surface area contributed by atoms with Crippen LogP contribution >= 0.6 is 0 Å². The van der Waals surface area contributed by atoms with Gasteiger partial charge < -0.3 is 15.0 Å². The topological polar surface area (TPSA) is 41.6 Å². The Hall–Kier alpha value is -1.46. The van der Waals surface area contributed by atoms with Crippen molar-refractivity contribution in [2.75, 3.05) is 26.2 Å². The van der Waals surface area contributed by atoms with Gasteiger partial charge in [0.15, 0.2) is 0 Å². The van der Waals surface area contributed by atoms with Crippen molar-refractivity contribution in [1.29, 1.82) is 0 Å². The van der Waals surface area contributed by atoms with Gasteiger partial charge in [0.05, 0.1) is 5.60 Å². The van der Waals surface area contributed by atoms with Crippen LogP contribution in [-0.2, 0) is 16.1 Å². The van der Waals surface area contributed by atoms with E-state index in [-0.39, 0.29) is 23.9 Å². The number of rotatable bonds is 6. The maximum Gasteiger partial charge on any atom is 0.248 e. The lowest BCUT2D eigenvalue weighted by Crippen LogP contribution is -2.59. The maximum absolute atomic E-state index is 13.1. The van der Waals surface area contributed by atoms with E-state index in [9.17, 15) is 9.18 Å². The molecule has 0 aromatic heterocycles. The Kier molecular flexibility index (Phi) is 4.73. The first-order valence-corrected chi connectivity index (χ1v) is 6.89. The SMILES string of the molecule is CCN(Cc1cccc(F)c1)C(=O)COC1(C)CNC1. The Balaban J connectivity index is 1.88. The fourth-order valence-corrected chi connectivity index (χ4v) is 2.14. The Morgan fingerprint density at radius 3 is 2.80 bits per heavy atom. The number of carbonyl (C=O) groups excluding carboxylic acids is 1. The molecule has 1 aliphatic heterocycles. The maximum atomic E-state index is 13.1. The smallest absolute Gasteiger partial charge is 0.248 e. The van der Waals surface area contributed by atoms with Crippen molar-refractivity contribution in [3.8, 4) is 0 Å². The number of carbonyl (C=O) groups is 1. The van der Waals surface area contributed by atoms with Crippen molar-refractivity contribution in [2.45, 2.75) is 26.0 Å². The molecule has 0 spiro atoms. The number of hydrogen-bond donors (Lipinski definition) is 1. The second-order valence-corrected chi connectivity index (χ2v) is 5.38. The molecular formula is C15H21FN2O2. The molecule has 0 atom stereocenters. The number of ether oxygens (including phenoxy) is 1. The molecule has 1 aromatic carbocycles. The molecule has 1 fully saturated rings. The lowest BCUT2D eigenvalue weighted by atomic mass is 10.0. The van der Waals surface area contributed by atoms with E-state index in [2.05, 4.69) is 5.32 Å². The number of amides is 1. The highest BCUT2D eigenvalue weighted by molar-refractivity contribution is 5.77. The Labute approximate surface area is 118 Å². The summed E-state index contributed by atoms with van der Waals surface area (Å²) in [6.45, 7) is 6.50. The first-order valence-electron chi connectivity index (χ1n) is 6.89. The molecule has 20 heavy (non-hydrogen) atoms. The van der Waals surface area contributed by atoms with Gasteiger partial charge in [0.2, 0.25) is 5.91 Å². The molecule has 0 aliphatic carbocycles. The van der Waals surface area contributed by atoms with E-state index in [1.54, 1.807) is 11.0 Å². The highest BCUT2D eigenvalue weighted by Gasteiger charge is 2.33. The van der Waals surface area contributed by atoms with Crippen LogP contribution in [0.2, 0.25) is 0 Å². The molecule has 0 saturated carbocycles. The summed E-state index contributed by atoms with van der Waals surface area (Å²) in [5, 5.41) is 3.12. The van der Waals surface area contributed by atoms with Gasteiger partial charge >= 0.3 is 0 Å². The lowest BCUT2D eigenvalue weighted by Gasteiger charge is -2.39. The molecule has 5 heteroatoms. The van der Waals surface area contributed by atoms with Gasteiger partial charge in [-0.05, 0) is 31.5 Å². The highest BCUT2D eigenvalue weighted by Crippen LogP contribution is 2.15. The van der Waals surface area contributed by atoms with Gasteiger partial charge in [-0.25, -0.2) is 4.39 Å². The standard InChI is InChI=1S/C15H21FN2O2/c1-3-18(8-12-5-4-6-13(16)7-12)14(19)9-20-15(2)10-17-11-15/h4-7,17H,3,8-11H2,1-2H3. The minimum Gasteiger partial charge on any atom is -0.363 e. The van der Waals surface area contributed by atoms with Crippen LogP contribution in [0, 0.1) is 5.82 Å². The van der Waals surface area contributed by atoms with Crippen LogP contribution in [0.4, 0.5) is 4.39 Å². The Morgan fingerprint density at radius 2 is 2.25 bits per heavy atom. The second kappa shape index (κ2) is 6.33. The molecule has 0 bridgehead atoms. The summed E-state index contributed by atoms with van der Waals surface area (Å²) in [5.41, 5.74) is 0.560. The molecule has 2 rings (SSSR count). The molecule has 1 saturated heterocycles. The third-order valence-corrected chi connectivity index (χ3v) is 3.54. The Bertz CT molecular complexity index is 475. The molecular weight excluding hydrogens is 259 g/mol. The minimum atomic E-state index is -0.282. The molecule has 1 N–H and O–H groups in total. The number of nitrogens with one attached hydrogen (secondary N) is 1. The predicted octanol–water partition coefficient (Wildman–Crippen LogP) is 1.55. The summed E-state index contributed by atoms with van der Waals surface area (Å²) in [7, 11) is 0. The first kappa shape index (κ1) is 14.9. The van der Waals surface area contributed by atoms with Gasteiger partial charge in [-0.2, -0.15) is 0 Å². The third kappa shape index (κ3) is 3.77. The van der Waals surface area contributed by atoms with Crippen molar-refractivity contribution in [3.63, 3.8) is 0 Å². The number of likely N-dealkylation sites (N-methyl/N-ethyl adjacent to an activating group) is 1. The van der Waals surface area contributed by atoms with E-state index in [1.165, 1.54) is 12.1 Å². The van der Waals surface area contributed by atoms with E-state index in [0.717, 1.165) is 18.7 Å². The second-order valence-electron chi connectivity index (χ2n) is 5.38. The largest absolute Gasteiger partial charge is 0.363 e. The Morgan fingerprint density at radius 1 is 1.50 bits per heavy atom. The van der Waals surface area contributed by atoms with E-state index in [0.29, 0.717) is 13.1 Å². The third-order valence-electron chi connectivity index (χ3n) is 3.54. The molecule has 110 valence electrons. The van der Waals surface area contributed by atoms with Crippen LogP contribution < -0.4 is 5.32 Å². The van der Waals surface area contributed by atoms with Crippen LogP contribution in [0.3, 0.4) is 0 Å². The van der Waals surface area contributed by atoms with E-state index < -0.39 is 0 Å². The summed E-state index contributed by atoms with van der Waals surface area (Å²) in [6.07, 6.45) is 0. The van der Waals surface area contributed by atoms with Crippen LogP contribution in [-0.4, -0.2) is 42.6 Å². The van der Waals surface area contributed by atoms with Gasteiger partial charge in [-0.3, -0.25) is 4.79 Å².